The molecule has 6 atom stereocenters. The minimum Gasteiger partial charge on any atom is -0.388 e. The highest BCUT2D eigenvalue weighted by Gasteiger charge is 2.67. The highest BCUT2D eigenvalue weighted by Crippen LogP contribution is 2.66. The minimum atomic E-state index is -1.45. The van der Waals surface area contributed by atoms with Crippen molar-refractivity contribution >= 4 is 11.6 Å². The zero-order valence-electron chi connectivity index (χ0n) is 16.0. The van der Waals surface area contributed by atoms with Gasteiger partial charge in [0, 0.05) is 17.3 Å². The molecule has 0 heterocycles. The van der Waals surface area contributed by atoms with E-state index < -0.39 is 23.4 Å². The van der Waals surface area contributed by atoms with Crippen LogP contribution in [0, 0.1) is 28.6 Å². The highest BCUT2D eigenvalue weighted by molar-refractivity contribution is 5.92. The molecule has 0 aromatic rings. The maximum Gasteiger partial charge on any atom is 0.190 e. The minimum absolute atomic E-state index is 0.0386. The Morgan fingerprint density at radius 1 is 1.31 bits per heavy atom. The molecule has 0 bridgehead atoms. The lowest BCUT2D eigenvalue weighted by Gasteiger charge is -2.54. The number of rotatable bonds is 2. The van der Waals surface area contributed by atoms with Crippen molar-refractivity contribution in [1.29, 1.82) is 0 Å². The fraction of sp³-hybridized carbons (Fsp3) is 0.727. The van der Waals surface area contributed by atoms with E-state index in [1.54, 1.807) is 0 Å². The maximum absolute atomic E-state index is 12.5. The number of Topliss-reactive ketones (excluding diaryl/α,β-unsaturated/α-hetero) is 1. The van der Waals surface area contributed by atoms with E-state index in [-0.39, 0.29) is 23.0 Å². The molecule has 0 amide bonds. The summed E-state index contributed by atoms with van der Waals surface area (Å²) in [6.07, 6.45) is 9.00. The first-order chi connectivity index (χ1) is 12.2. The second-order valence-corrected chi connectivity index (χ2v) is 9.49. The van der Waals surface area contributed by atoms with Crippen molar-refractivity contribution in [3.63, 3.8) is 0 Å². The Bertz CT molecular complexity index is 734. The fourth-order valence-corrected chi connectivity index (χ4v) is 6.92. The average molecular weight is 358 g/mol. The van der Waals surface area contributed by atoms with Gasteiger partial charge in [0.1, 0.15) is 12.2 Å². The molecule has 0 saturated heterocycles. The predicted octanol–water partition coefficient (Wildman–Crippen LogP) is 2.98. The zero-order chi connectivity index (χ0) is 18.9. The van der Waals surface area contributed by atoms with Crippen LogP contribution in [0.1, 0.15) is 59.3 Å². The third-order valence-electron chi connectivity index (χ3n) is 8.49. The first-order valence-electron chi connectivity index (χ1n) is 9.99. The normalized spacial score (nSPS) is 47.4. The first-order valence-corrected chi connectivity index (χ1v) is 9.99. The molecule has 4 heteroatoms. The van der Waals surface area contributed by atoms with Crippen molar-refractivity contribution in [3.05, 3.63) is 23.3 Å². The molecule has 2 fully saturated rings. The van der Waals surface area contributed by atoms with Crippen LogP contribution in [0.25, 0.3) is 0 Å². The number of aliphatic hydroxyl groups is 2. The number of ketones is 2. The standard InChI is InChI=1S/C22H30O4/c1-13-10-18-16-5-4-14-11-15(24)6-8-20(14,2)17(16)7-9-21(18,3)22(13,26)19(25)12-23/h7,11,13,16,18,23,26H,4-6,8-10,12H2,1-3H3/t13-,16?,18?,20+,21+,22+/m1/s1. The Morgan fingerprint density at radius 2 is 2.04 bits per heavy atom. The lowest BCUT2D eigenvalue weighted by Crippen LogP contribution is -2.57. The number of allylic oxidation sites excluding steroid dienone is 4. The highest BCUT2D eigenvalue weighted by atomic mass is 16.3. The quantitative estimate of drug-likeness (QED) is 0.744. The number of aliphatic hydroxyl groups excluding tert-OH is 1. The predicted molar refractivity (Wildman–Crippen MR) is 98.3 cm³/mol. The maximum atomic E-state index is 12.5. The van der Waals surface area contributed by atoms with E-state index >= 15 is 0 Å². The van der Waals surface area contributed by atoms with Crippen molar-refractivity contribution < 1.29 is 19.8 Å². The average Bonchev–Trinajstić information content (AvgIpc) is 2.83. The molecule has 2 saturated carbocycles. The summed E-state index contributed by atoms with van der Waals surface area (Å²) in [5.41, 5.74) is 0.685. The van der Waals surface area contributed by atoms with Gasteiger partial charge in [0.15, 0.2) is 11.6 Å². The molecular formula is C22H30O4. The molecule has 4 nitrogen and oxygen atoms in total. The molecule has 4 rings (SSSR count). The molecule has 0 aliphatic heterocycles. The lowest BCUT2D eigenvalue weighted by molar-refractivity contribution is -0.161. The van der Waals surface area contributed by atoms with Gasteiger partial charge in [-0.1, -0.05) is 38.0 Å². The van der Waals surface area contributed by atoms with Gasteiger partial charge >= 0.3 is 0 Å². The van der Waals surface area contributed by atoms with E-state index in [2.05, 4.69) is 13.0 Å². The van der Waals surface area contributed by atoms with Crippen LogP contribution in [0.5, 0.6) is 0 Å². The molecule has 26 heavy (non-hydrogen) atoms. The van der Waals surface area contributed by atoms with Crippen LogP contribution in [0.15, 0.2) is 23.3 Å². The Hall–Kier alpha value is -1.26. The first kappa shape index (κ1) is 18.1. The molecule has 0 spiro atoms. The molecule has 4 aliphatic rings. The van der Waals surface area contributed by atoms with Gasteiger partial charge < -0.3 is 10.2 Å². The summed E-state index contributed by atoms with van der Waals surface area (Å²) in [7, 11) is 0. The van der Waals surface area contributed by atoms with Crippen molar-refractivity contribution in [2.75, 3.05) is 6.61 Å². The Kier molecular flexibility index (Phi) is 3.92. The topological polar surface area (TPSA) is 74.6 Å². The number of hydrogen-bond acceptors (Lipinski definition) is 4. The van der Waals surface area contributed by atoms with Crippen LogP contribution in [0.3, 0.4) is 0 Å². The number of carbonyl (C=O) groups excluding carboxylic acids is 2. The third kappa shape index (κ3) is 2.03. The van der Waals surface area contributed by atoms with Gasteiger partial charge in [0.05, 0.1) is 0 Å². The summed E-state index contributed by atoms with van der Waals surface area (Å²) in [4.78, 5) is 24.4. The summed E-state index contributed by atoms with van der Waals surface area (Å²) < 4.78 is 0. The third-order valence-corrected chi connectivity index (χ3v) is 8.49. The largest absolute Gasteiger partial charge is 0.388 e. The van der Waals surface area contributed by atoms with E-state index in [9.17, 15) is 19.8 Å². The number of hydrogen-bond donors (Lipinski definition) is 2. The van der Waals surface area contributed by atoms with E-state index in [4.69, 9.17) is 0 Å². The zero-order valence-corrected chi connectivity index (χ0v) is 16.0. The van der Waals surface area contributed by atoms with Crippen LogP contribution in [-0.2, 0) is 9.59 Å². The van der Waals surface area contributed by atoms with Crippen LogP contribution in [0.4, 0.5) is 0 Å². The van der Waals surface area contributed by atoms with Gasteiger partial charge in [-0.3, -0.25) is 9.59 Å². The van der Waals surface area contributed by atoms with Gasteiger partial charge in [0.25, 0.3) is 0 Å². The van der Waals surface area contributed by atoms with E-state index in [1.165, 1.54) is 11.1 Å². The monoisotopic (exact) mass is 358 g/mol. The summed E-state index contributed by atoms with van der Waals surface area (Å²) in [5.74, 6) is 0.260. The Balaban J connectivity index is 1.78. The van der Waals surface area contributed by atoms with Gasteiger partial charge in [-0.25, -0.2) is 0 Å². The molecule has 2 unspecified atom stereocenters. The number of carbonyl (C=O) groups is 2. The molecule has 0 aromatic carbocycles. The van der Waals surface area contributed by atoms with Crippen LogP contribution < -0.4 is 0 Å². The van der Waals surface area contributed by atoms with Crippen molar-refractivity contribution in [2.24, 2.45) is 28.6 Å². The van der Waals surface area contributed by atoms with Crippen molar-refractivity contribution in [1.82, 2.24) is 0 Å². The lowest BCUT2D eigenvalue weighted by atomic mass is 9.50. The van der Waals surface area contributed by atoms with E-state index in [0.717, 1.165) is 25.7 Å². The van der Waals surface area contributed by atoms with Crippen LogP contribution in [-0.4, -0.2) is 34.0 Å². The Morgan fingerprint density at radius 3 is 2.73 bits per heavy atom. The second-order valence-electron chi connectivity index (χ2n) is 9.49. The second kappa shape index (κ2) is 5.62. The van der Waals surface area contributed by atoms with Gasteiger partial charge in [0.2, 0.25) is 0 Å². The molecule has 0 aromatic heterocycles. The molecular weight excluding hydrogens is 328 g/mol. The fourth-order valence-electron chi connectivity index (χ4n) is 6.92. The molecule has 142 valence electrons. The van der Waals surface area contributed by atoms with E-state index in [1.807, 2.05) is 19.9 Å². The molecule has 2 N–H and O–H groups in total. The summed E-state index contributed by atoms with van der Waals surface area (Å²) in [6.45, 7) is 5.67. The summed E-state index contributed by atoms with van der Waals surface area (Å²) in [6, 6.07) is 0. The SMILES string of the molecule is C[C@@H]1CC2C3CCC4=CC(=O)CC[C@]4(C)C3=CC[C@]2(C)[C@@]1(O)C(=O)CO. The molecule has 4 aliphatic carbocycles. The van der Waals surface area contributed by atoms with Crippen molar-refractivity contribution in [2.45, 2.75) is 64.9 Å². The summed E-state index contributed by atoms with van der Waals surface area (Å²) >= 11 is 0. The van der Waals surface area contributed by atoms with Gasteiger partial charge in [-0.2, -0.15) is 0 Å². The molecule has 0 radical (unpaired) electrons. The van der Waals surface area contributed by atoms with Crippen LogP contribution >= 0.6 is 0 Å². The van der Waals surface area contributed by atoms with Crippen molar-refractivity contribution in [3.8, 4) is 0 Å². The van der Waals surface area contributed by atoms with E-state index in [0.29, 0.717) is 18.8 Å². The van der Waals surface area contributed by atoms with Crippen LogP contribution in [0.2, 0.25) is 0 Å². The summed E-state index contributed by atoms with van der Waals surface area (Å²) in [5, 5.41) is 20.9. The van der Waals surface area contributed by atoms with Gasteiger partial charge in [-0.05, 0) is 55.9 Å². The smallest absolute Gasteiger partial charge is 0.190 e. The Labute approximate surface area is 155 Å². The number of fused-ring (bicyclic) bond motifs is 5. The van der Waals surface area contributed by atoms with Gasteiger partial charge in [-0.15, -0.1) is 0 Å².